The lowest BCUT2D eigenvalue weighted by Crippen LogP contribution is -2.11. The highest BCUT2D eigenvalue weighted by Gasteiger charge is 2.23. The molecule has 0 saturated heterocycles. The summed E-state index contributed by atoms with van der Waals surface area (Å²) in [5.74, 6) is -0.387. The van der Waals surface area contributed by atoms with Crippen LogP contribution in [0.2, 0.25) is 0 Å². The van der Waals surface area contributed by atoms with Gasteiger partial charge in [0.25, 0.3) is 5.69 Å². The molecule has 110 valence electrons. The normalized spacial score (nSPS) is 11.3. The van der Waals surface area contributed by atoms with Gasteiger partial charge in [-0.05, 0) is 24.6 Å². The van der Waals surface area contributed by atoms with Gasteiger partial charge in [0.05, 0.1) is 16.4 Å². The largest absolute Gasteiger partial charge is 0.396 e. The summed E-state index contributed by atoms with van der Waals surface area (Å²) in [5, 5.41) is 10.7. The van der Waals surface area contributed by atoms with Crippen LogP contribution in [0.25, 0.3) is 0 Å². The van der Waals surface area contributed by atoms with Crippen molar-refractivity contribution < 1.29 is 13.3 Å². The zero-order valence-corrected chi connectivity index (χ0v) is 12.0. The number of rotatable bonds is 4. The molecule has 0 amide bonds. The number of aromatic nitrogens is 1. The molecule has 2 rings (SSSR count). The number of nitrogen functional groups attached to an aromatic ring is 1. The molecule has 2 N–H and O–H groups in total. The Morgan fingerprint density at radius 1 is 1.29 bits per heavy atom. The molecule has 0 fully saturated rings. The summed E-state index contributed by atoms with van der Waals surface area (Å²) in [7, 11) is -3.77. The van der Waals surface area contributed by atoms with Crippen LogP contribution in [0, 0.1) is 17.0 Å². The molecule has 0 atom stereocenters. The van der Waals surface area contributed by atoms with Crippen LogP contribution in [0.5, 0.6) is 0 Å². The third-order valence-corrected chi connectivity index (χ3v) is 4.68. The number of hydrogen-bond acceptors (Lipinski definition) is 6. The predicted octanol–water partition coefficient (Wildman–Crippen LogP) is 1.85. The van der Waals surface area contributed by atoms with E-state index < -0.39 is 14.8 Å². The van der Waals surface area contributed by atoms with Gasteiger partial charge in [0.2, 0.25) is 9.84 Å². The van der Waals surface area contributed by atoms with Crippen molar-refractivity contribution in [1.29, 1.82) is 0 Å². The van der Waals surface area contributed by atoms with Crippen molar-refractivity contribution in [3.63, 3.8) is 0 Å². The third-order valence-electron chi connectivity index (χ3n) is 3.05. The quantitative estimate of drug-likeness (QED) is 0.680. The maximum absolute atomic E-state index is 12.3. The topological polar surface area (TPSA) is 116 Å². The summed E-state index contributed by atoms with van der Waals surface area (Å²) in [4.78, 5) is 14.1. The minimum atomic E-state index is -3.77. The summed E-state index contributed by atoms with van der Waals surface area (Å²) in [6.07, 6.45) is 1.34. The SMILES string of the molecule is Cc1c(CS(=O)(=O)c2ncccc2N)cccc1[N+](=O)[O-]. The summed E-state index contributed by atoms with van der Waals surface area (Å²) >= 11 is 0. The fraction of sp³-hybridized carbons (Fsp3) is 0.154. The Bertz CT molecular complexity index is 803. The zero-order chi connectivity index (χ0) is 15.6. The van der Waals surface area contributed by atoms with Crippen molar-refractivity contribution >= 4 is 21.2 Å². The summed E-state index contributed by atoms with van der Waals surface area (Å²) in [5.41, 5.74) is 6.24. The molecule has 0 radical (unpaired) electrons. The fourth-order valence-corrected chi connectivity index (χ4v) is 3.47. The van der Waals surface area contributed by atoms with Crippen LogP contribution in [-0.2, 0) is 15.6 Å². The van der Waals surface area contributed by atoms with Gasteiger partial charge in [-0.15, -0.1) is 0 Å². The molecular formula is C13H13N3O4S. The van der Waals surface area contributed by atoms with Crippen molar-refractivity contribution in [2.75, 3.05) is 5.73 Å². The van der Waals surface area contributed by atoms with Crippen molar-refractivity contribution in [3.8, 4) is 0 Å². The Balaban J connectivity index is 2.45. The first-order valence-corrected chi connectivity index (χ1v) is 7.64. The van der Waals surface area contributed by atoms with E-state index in [-0.39, 0.29) is 22.2 Å². The Morgan fingerprint density at radius 2 is 2.00 bits per heavy atom. The van der Waals surface area contributed by atoms with E-state index in [2.05, 4.69) is 4.98 Å². The van der Waals surface area contributed by atoms with Gasteiger partial charge in [-0.3, -0.25) is 10.1 Å². The molecule has 0 spiro atoms. The molecule has 0 aliphatic rings. The van der Waals surface area contributed by atoms with Gasteiger partial charge in [0, 0.05) is 17.8 Å². The van der Waals surface area contributed by atoms with Gasteiger partial charge >= 0.3 is 0 Å². The van der Waals surface area contributed by atoms with Crippen molar-refractivity contribution in [2.24, 2.45) is 0 Å². The molecule has 0 bridgehead atoms. The maximum Gasteiger partial charge on any atom is 0.272 e. The van der Waals surface area contributed by atoms with Gasteiger partial charge in [-0.1, -0.05) is 12.1 Å². The molecule has 2 aromatic rings. The highest BCUT2D eigenvalue weighted by Crippen LogP contribution is 2.25. The van der Waals surface area contributed by atoms with E-state index in [0.29, 0.717) is 11.1 Å². The minimum Gasteiger partial charge on any atom is -0.396 e. The number of nitrogens with two attached hydrogens (primary N) is 1. The molecule has 1 heterocycles. The first-order valence-electron chi connectivity index (χ1n) is 5.99. The molecule has 8 heteroatoms. The number of hydrogen-bond donors (Lipinski definition) is 1. The minimum absolute atomic E-state index is 0.0561. The number of sulfone groups is 1. The molecule has 0 saturated carbocycles. The van der Waals surface area contributed by atoms with Crippen LogP contribution in [0.15, 0.2) is 41.6 Å². The molecule has 1 aromatic heterocycles. The lowest BCUT2D eigenvalue weighted by atomic mass is 10.1. The highest BCUT2D eigenvalue weighted by atomic mass is 32.2. The molecule has 7 nitrogen and oxygen atoms in total. The number of anilines is 1. The Morgan fingerprint density at radius 3 is 2.62 bits per heavy atom. The van der Waals surface area contributed by atoms with E-state index in [0.717, 1.165) is 0 Å². The zero-order valence-electron chi connectivity index (χ0n) is 11.2. The van der Waals surface area contributed by atoms with Gasteiger partial charge in [0.15, 0.2) is 5.03 Å². The van der Waals surface area contributed by atoms with Crippen LogP contribution in [0.3, 0.4) is 0 Å². The summed E-state index contributed by atoms with van der Waals surface area (Å²) < 4.78 is 24.7. The van der Waals surface area contributed by atoms with Gasteiger partial charge < -0.3 is 5.73 Å². The number of nitrogens with zero attached hydrogens (tertiary/aromatic N) is 2. The number of pyridine rings is 1. The van der Waals surface area contributed by atoms with Crippen LogP contribution < -0.4 is 5.73 Å². The second-order valence-corrected chi connectivity index (χ2v) is 6.38. The van der Waals surface area contributed by atoms with Gasteiger partial charge in [-0.25, -0.2) is 13.4 Å². The standard InChI is InChI=1S/C13H13N3O4S/c1-9-10(4-2-6-12(9)16(17)18)8-21(19,20)13-11(14)5-3-7-15-13/h2-7H,8,14H2,1H3. The van der Waals surface area contributed by atoms with Crippen molar-refractivity contribution in [2.45, 2.75) is 17.7 Å². The smallest absolute Gasteiger partial charge is 0.272 e. The van der Waals surface area contributed by atoms with Crippen LogP contribution in [-0.4, -0.2) is 18.3 Å². The second kappa shape index (κ2) is 5.49. The first-order chi connectivity index (χ1) is 9.83. The Kier molecular flexibility index (Phi) is 3.90. The molecule has 0 aliphatic carbocycles. The van der Waals surface area contributed by atoms with Crippen molar-refractivity contribution in [3.05, 3.63) is 57.8 Å². The van der Waals surface area contributed by atoms with Crippen LogP contribution in [0.4, 0.5) is 11.4 Å². The molecule has 0 aliphatic heterocycles. The average molecular weight is 307 g/mol. The lowest BCUT2D eigenvalue weighted by Gasteiger charge is -2.08. The lowest BCUT2D eigenvalue weighted by molar-refractivity contribution is -0.385. The maximum atomic E-state index is 12.3. The average Bonchev–Trinajstić information content (AvgIpc) is 2.41. The van der Waals surface area contributed by atoms with Crippen molar-refractivity contribution in [1.82, 2.24) is 4.98 Å². The van der Waals surface area contributed by atoms with E-state index >= 15 is 0 Å². The monoisotopic (exact) mass is 307 g/mol. The summed E-state index contributed by atoms with van der Waals surface area (Å²) in [6, 6.07) is 7.31. The number of nitro groups is 1. The third kappa shape index (κ3) is 3.00. The van der Waals surface area contributed by atoms with E-state index in [1.807, 2.05) is 0 Å². The van der Waals surface area contributed by atoms with Gasteiger partial charge in [-0.2, -0.15) is 0 Å². The molecule has 0 unspecified atom stereocenters. The highest BCUT2D eigenvalue weighted by molar-refractivity contribution is 7.90. The fourth-order valence-electron chi connectivity index (χ4n) is 1.96. The van der Waals surface area contributed by atoms with Gasteiger partial charge in [0.1, 0.15) is 0 Å². The Labute approximate surface area is 121 Å². The number of nitro benzene ring substituents is 1. The molecule has 21 heavy (non-hydrogen) atoms. The van der Waals surface area contributed by atoms with E-state index in [1.54, 1.807) is 6.07 Å². The molecular weight excluding hydrogens is 294 g/mol. The van der Waals surface area contributed by atoms with Crippen LogP contribution >= 0.6 is 0 Å². The summed E-state index contributed by atoms with van der Waals surface area (Å²) in [6.45, 7) is 1.52. The number of benzene rings is 1. The second-order valence-electron chi connectivity index (χ2n) is 4.48. The van der Waals surface area contributed by atoms with E-state index in [4.69, 9.17) is 5.73 Å². The molecule has 1 aromatic carbocycles. The Hall–Kier alpha value is -2.48. The first kappa shape index (κ1) is 14.9. The van der Waals surface area contributed by atoms with E-state index in [9.17, 15) is 18.5 Å². The van der Waals surface area contributed by atoms with Crippen LogP contribution in [0.1, 0.15) is 11.1 Å². The predicted molar refractivity (Wildman–Crippen MR) is 77.4 cm³/mol. The van der Waals surface area contributed by atoms with E-state index in [1.165, 1.54) is 37.4 Å².